The van der Waals surface area contributed by atoms with Crippen LogP contribution in [0, 0.1) is 0 Å². The fraction of sp³-hybridized carbons (Fsp3) is 0.273. The van der Waals surface area contributed by atoms with E-state index in [4.69, 9.17) is 19.4 Å². The number of aromatic nitrogens is 2. The first-order chi connectivity index (χ1) is 16.2. The lowest BCUT2D eigenvalue weighted by atomic mass is 10.00. The molecule has 0 fully saturated rings. The molecule has 180 valence electrons. The normalized spacial score (nSPS) is 12.3. The number of hydrogen-bond acceptors (Lipinski definition) is 10. The van der Waals surface area contributed by atoms with Crippen LogP contribution in [0.4, 0.5) is 5.69 Å². The van der Waals surface area contributed by atoms with Crippen LogP contribution >= 0.6 is 0 Å². The second-order valence-electron chi connectivity index (χ2n) is 7.78. The number of nitrogens with one attached hydrogen (secondary N) is 1. The van der Waals surface area contributed by atoms with Crippen molar-refractivity contribution >= 4 is 26.7 Å². The third-order valence-electron chi connectivity index (χ3n) is 5.08. The van der Waals surface area contributed by atoms with Crippen molar-refractivity contribution in [3.63, 3.8) is 0 Å². The minimum Gasteiger partial charge on any atom is -0.492 e. The zero-order chi connectivity index (χ0) is 24.5. The minimum atomic E-state index is -3.53. The van der Waals surface area contributed by atoms with Crippen LogP contribution in [0.5, 0.6) is 5.75 Å². The molecule has 12 heteroatoms. The molecule has 34 heavy (non-hydrogen) atoms. The van der Waals surface area contributed by atoms with Gasteiger partial charge in [0.15, 0.2) is 0 Å². The van der Waals surface area contributed by atoms with Crippen molar-refractivity contribution in [2.45, 2.75) is 12.5 Å². The zero-order valence-corrected chi connectivity index (χ0v) is 19.3. The van der Waals surface area contributed by atoms with Gasteiger partial charge in [0.05, 0.1) is 31.8 Å². The molecule has 4 rings (SSSR count). The maximum absolute atomic E-state index is 11.7. The Morgan fingerprint density at radius 2 is 1.85 bits per heavy atom. The van der Waals surface area contributed by atoms with Gasteiger partial charge in [-0.25, -0.2) is 8.42 Å². The summed E-state index contributed by atoms with van der Waals surface area (Å²) in [7, 11) is -3.53. The SMILES string of the molecule is CCOc1ccc(-c2nc(-c3ccc4oc(C(N)(CO)CO)cc4c3)no2)cc1NS(C)(=O)=O. The Kier molecular flexibility index (Phi) is 6.32. The molecule has 5 N–H and O–H groups in total. The number of benzene rings is 2. The van der Waals surface area contributed by atoms with E-state index in [1.807, 2.05) is 0 Å². The zero-order valence-electron chi connectivity index (χ0n) is 18.5. The van der Waals surface area contributed by atoms with Crippen LogP contribution in [0.2, 0.25) is 0 Å². The number of anilines is 1. The number of hydrogen-bond donors (Lipinski definition) is 4. The van der Waals surface area contributed by atoms with Crippen molar-refractivity contribution in [2.75, 3.05) is 30.8 Å². The van der Waals surface area contributed by atoms with Crippen LogP contribution in [0.25, 0.3) is 33.8 Å². The van der Waals surface area contributed by atoms with Gasteiger partial charge in [0.1, 0.15) is 22.6 Å². The molecule has 11 nitrogen and oxygen atoms in total. The highest BCUT2D eigenvalue weighted by atomic mass is 32.2. The fourth-order valence-electron chi connectivity index (χ4n) is 3.32. The topological polar surface area (TPSA) is 174 Å². The van der Waals surface area contributed by atoms with E-state index in [0.717, 1.165) is 6.26 Å². The van der Waals surface area contributed by atoms with Crippen molar-refractivity contribution in [3.05, 3.63) is 48.2 Å². The second-order valence-corrected chi connectivity index (χ2v) is 9.53. The maximum atomic E-state index is 11.7. The number of nitrogens with zero attached hydrogens (tertiary/aromatic N) is 2. The van der Waals surface area contributed by atoms with Crippen molar-refractivity contribution in [2.24, 2.45) is 5.73 Å². The summed E-state index contributed by atoms with van der Waals surface area (Å²) in [6.45, 7) is 1.19. The predicted molar refractivity (Wildman–Crippen MR) is 125 cm³/mol. The molecule has 0 aliphatic heterocycles. The van der Waals surface area contributed by atoms with Gasteiger partial charge in [0.2, 0.25) is 15.8 Å². The molecule has 0 radical (unpaired) electrons. The number of nitrogens with two attached hydrogens (primary N) is 1. The van der Waals surface area contributed by atoms with Crippen LogP contribution in [-0.4, -0.2) is 54.8 Å². The van der Waals surface area contributed by atoms with Gasteiger partial charge in [0.25, 0.3) is 5.89 Å². The lowest BCUT2D eigenvalue weighted by Crippen LogP contribution is -2.43. The number of furan rings is 1. The van der Waals surface area contributed by atoms with Crippen molar-refractivity contribution in [3.8, 4) is 28.6 Å². The van der Waals surface area contributed by atoms with Crippen LogP contribution in [0.1, 0.15) is 12.7 Å². The van der Waals surface area contributed by atoms with Gasteiger partial charge in [-0.15, -0.1) is 0 Å². The smallest absolute Gasteiger partial charge is 0.258 e. The van der Waals surface area contributed by atoms with Crippen molar-refractivity contribution < 1.29 is 32.3 Å². The highest BCUT2D eigenvalue weighted by Crippen LogP contribution is 2.33. The van der Waals surface area contributed by atoms with E-state index in [9.17, 15) is 18.6 Å². The average molecular weight is 489 g/mol. The van der Waals surface area contributed by atoms with E-state index < -0.39 is 28.8 Å². The Morgan fingerprint density at radius 1 is 1.12 bits per heavy atom. The first-order valence-electron chi connectivity index (χ1n) is 10.3. The third-order valence-corrected chi connectivity index (χ3v) is 5.67. The summed E-state index contributed by atoms with van der Waals surface area (Å²) in [6, 6.07) is 11.7. The fourth-order valence-corrected chi connectivity index (χ4v) is 3.87. The van der Waals surface area contributed by atoms with Gasteiger partial charge in [-0.1, -0.05) is 5.16 Å². The van der Waals surface area contributed by atoms with Crippen LogP contribution in [0.3, 0.4) is 0 Å². The molecule has 4 aromatic rings. The second kappa shape index (κ2) is 9.06. The number of aliphatic hydroxyl groups excluding tert-OH is 2. The Labute approximate surface area is 195 Å². The van der Waals surface area contributed by atoms with E-state index >= 15 is 0 Å². The first-order valence-corrected chi connectivity index (χ1v) is 12.2. The summed E-state index contributed by atoms with van der Waals surface area (Å²) < 4.78 is 42.5. The largest absolute Gasteiger partial charge is 0.492 e. The Hall–Kier alpha value is -3.45. The number of rotatable bonds is 9. The molecular formula is C22H24N4O7S. The lowest BCUT2D eigenvalue weighted by Gasteiger charge is -2.21. The molecule has 0 spiro atoms. The Balaban J connectivity index is 1.67. The summed E-state index contributed by atoms with van der Waals surface area (Å²) in [5.74, 6) is 1.11. The summed E-state index contributed by atoms with van der Waals surface area (Å²) in [4.78, 5) is 4.43. The van der Waals surface area contributed by atoms with Crippen LogP contribution in [0.15, 0.2) is 51.4 Å². The number of ether oxygens (including phenoxy) is 1. The van der Waals surface area contributed by atoms with Gasteiger partial charge in [-0.05, 0) is 49.4 Å². The van der Waals surface area contributed by atoms with E-state index in [1.165, 1.54) is 0 Å². The Bertz CT molecular complexity index is 1420. The third kappa shape index (κ3) is 4.75. The average Bonchev–Trinajstić information content (AvgIpc) is 3.46. The standard InChI is InChI=1S/C22H24N4O7S/c1-3-31-18-7-5-14(9-16(18)26-34(2,29)30)21-24-20(25-33-21)13-4-6-17-15(8-13)10-19(32-17)22(23,11-27)12-28/h4-10,26-28H,3,11-12,23H2,1-2H3. The van der Waals surface area contributed by atoms with Gasteiger partial charge >= 0.3 is 0 Å². The molecule has 0 bridgehead atoms. The van der Waals surface area contributed by atoms with E-state index in [1.54, 1.807) is 49.4 Å². The quantitative estimate of drug-likeness (QED) is 0.273. The lowest BCUT2D eigenvalue weighted by molar-refractivity contribution is 0.105. The minimum absolute atomic E-state index is 0.184. The van der Waals surface area contributed by atoms with Crippen LogP contribution < -0.4 is 15.2 Å². The number of aliphatic hydroxyl groups is 2. The molecule has 0 saturated carbocycles. The van der Waals surface area contributed by atoms with E-state index in [2.05, 4.69) is 14.9 Å². The van der Waals surface area contributed by atoms with E-state index in [0.29, 0.717) is 40.3 Å². The summed E-state index contributed by atoms with van der Waals surface area (Å²) in [6.07, 6.45) is 1.05. The molecule has 0 atom stereocenters. The first kappa shape index (κ1) is 23.7. The summed E-state index contributed by atoms with van der Waals surface area (Å²) >= 11 is 0. The number of sulfonamides is 1. The Morgan fingerprint density at radius 3 is 2.53 bits per heavy atom. The van der Waals surface area contributed by atoms with E-state index in [-0.39, 0.29) is 17.3 Å². The molecule has 0 aliphatic rings. The van der Waals surface area contributed by atoms with Crippen molar-refractivity contribution in [1.82, 2.24) is 10.1 Å². The highest BCUT2D eigenvalue weighted by molar-refractivity contribution is 7.92. The predicted octanol–water partition coefficient (Wildman–Crippen LogP) is 2.06. The molecule has 0 saturated heterocycles. The molecular weight excluding hydrogens is 464 g/mol. The van der Waals surface area contributed by atoms with Gasteiger partial charge in [-0.2, -0.15) is 4.98 Å². The number of fused-ring (bicyclic) bond motifs is 1. The molecule has 0 amide bonds. The van der Waals surface area contributed by atoms with Gasteiger partial charge < -0.3 is 29.6 Å². The molecule has 2 aromatic carbocycles. The highest BCUT2D eigenvalue weighted by Gasteiger charge is 2.30. The van der Waals surface area contributed by atoms with Crippen LogP contribution in [-0.2, 0) is 15.6 Å². The molecule has 2 aromatic heterocycles. The molecule has 2 heterocycles. The monoisotopic (exact) mass is 488 g/mol. The van der Waals surface area contributed by atoms with Gasteiger partial charge in [-0.3, -0.25) is 4.72 Å². The summed E-state index contributed by atoms with van der Waals surface area (Å²) in [5.41, 5.74) is 6.50. The summed E-state index contributed by atoms with van der Waals surface area (Å²) in [5, 5.41) is 23.7. The van der Waals surface area contributed by atoms with Crippen molar-refractivity contribution in [1.29, 1.82) is 0 Å². The maximum Gasteiger partial charge on any atom is 0.258 e. The molecule has 0 aliphatic carbocycles. The van der Waals surface area contributed by atoms with Gasteiger partial charge in [0, 0.05) is 16.5 Å². The molecule has 0 unspecified atom stereocenters.